The quantitative estimate of drug-likeness (QED) is 0.653. The summed E-state index contributed by atoms with van der Waals surface area (Å²) in [5.41, 5.74) is 1.98. The maximum Gasteiger partial charge on any atom is 0.136 e. The van der Waals surface area contributed by atoms with Crippen molar-refractivity contribution in [1.29, 1.82) is 0 Å². The lowest BCUT2D eigenvalue weighted by molar-refractivity contribution is 0.522. The number of aromatic amines is 1. The number of benzene rings is 1. The van der Waals surface area contributed by atoms with Crippen LogP contribution in [0.4, 0.5) is 0 Å². The van der Waals surface area contributed by atoms with Crippen LogP contribution in [0.3, 0.4) is 0 Å². The first kappa shape index (κ1) is 8.53. The van der Waals surface area contributed by atoms with Gasteiger partial charge < -0.3 is 4.42 Å². The number of nitrogens with one attached hydrogen (secondary N) is 1. The first-order chi connectivity index (χ1) is 7.25. The number of nitrogens with zero attached hydrogens (tertiary/aromatic N) is 1. The second-order valence-corrected chi connectivity index (χ2v) is 4.12. The molecule has 0 aliphatic rings. The Kier molecular flexibility index (Phi) is 1.63. The largest absolute Gasteiger partial charge is 0.461 e. The maximum absolute atomic E-state index is 5.76. The van der Waals surface area contributed by atoms with Crippen LogP contribution in [0.5, 0.6) is 0 Å². The van der Waals surface area contributed by atoms with Crippen LogP contribution >= 0.6 is 0 Å². The van der Waals surface area contributed by atoms with E-state index < -0.39 is 0 Å². The summed E-state index contributed by atoms with van der Waals surface area (Å²) in [4.78, 5) is 0. The van der Waals surface area contributed by atoms with Crippen LogP contribution in [0.2, 0.25) is 0 Å². The smallest absolute Gasteiger partial charge is 0.136 e. The van der Waals surface area contributed by atoms with E-state index in [2.05, 4.69) is 30.1 Å². The van der Waals surface area contributed by atoms with Gasteiger partial charge in [0.1, 0.15) is 11.3 Å². The van der Waals surface area contributed by atoms with Gasteiger partial charge in [0.05, 0.1) is 11.7 Å². The van der Waals surface area contributed by atoms with Crippen molar-refractivity contribution in [1.82, 2.24) is 10.2 Å². The lowest BCUT2D eigenvalue weighted by Gasteiger charge is -1.95. The molecule has 0 unspecified atom stereocenters. The molecule has 1 N–H and O–H groups in total. The fourth-order valence-electron chi connectivity index (χ4n) is 1.83. The molecule has 3 heteroatoms. The van der Waals surface area contributed by atoms with Crippen LogP contribution in [0, 0.1) is 0 Å². The average Bonchev–Trinajstić information content (AvgIpc) is 2.82. The maximum atomic E-state index is 5.76. The number of aromatic nitrogens is 2. The normalized spacial score (nSPS) is 11.9. The van der Waals surface area contributed by atoms with Crippen LogP contribution in [0.1, 0.15) is 25.5 Å². The van der Waals surface area contributed by atoms with Crippen molar-refractivity contribution >= 4 is 21.9 Å². The lowest BCUT2D eigenvalue weighted by atomic mass is 10.1. The Bertz CT molecular complexity index is 619. The highest BCUT2D eigenvalue weighted by molar-refractivity contribution is 6.03. The van der Waals surface area contributed by atoms with E-state index in [9.17, 15) is 0 Å². The molecule has 3 aromatic rings. The summed E-state index contributed by atoms with van der Waals surface area (Å²) in [7, 11) is 0. The van der Waals surface area contributed by atoms with Gasteiger partial charge >= 0.3 is 0 Å². The predicted octanol–water partition coefficient (Wildman–Crippen LogP) is 3.43. The average molecular weight is 200 g/mol. The van der Waals surface area contributed by atoms with Crippen molar-refractivity contribution in [2.24, 2.45) is 0 Å². The molecule has 15 heavy (non-hydrogen) atoms. The van der Waals surface area contributed by atoms with E-state index in [-0.39, 0.29) is 0 Å². The van der Waals surface area contributed by atoms with Crippen molar-refractivity contribution < 1.29 is 4.42 Å². The summed E-state index contributed by atoms with van der Waals surface area (Å²) >= 11 is 0. The number of furan rings is 1. The Labute approximate surface area is 87.1 Å². The van der Waals surface area contributed by atoms with Crippen LogP contribution < -0.4 is 0 Å². The minimum atomic E-state index is 0.412. The number of fused-ring (bicyclic) bond motifs is 3. The molecule has 2 aromatic heterocycles. The molecule has 0 amide bonds. The van der Waals surface area contributed by atoms with Crippen LogP contribution in [-0.4, -0.2) is 10.2 Å². The minimum absolute atomic E-state index is 0.412. The van der Waals surface area contributed by atoms with Gasteiger partial charge in [-0.2, -0.15) is 5.10 Å². The van der Waals surface area contributed by atoms with Gasteiger partial charge in [0, 0.05) is 16.7 Å². The summed E-state index contributed by atoms with van der Waals surface area (Å²) in [6.07, 6.45) is 1.83. The van der Waals surface area contributed by atoms with Crippen molar-refractivity contribution in [2.45, 2.75) is 19.8 Å². The summed E-state index contributed by atoms with van der Waals surface area (Å²) in [5, 5.41) is 9.29. The van der Waals surface area contributed by atoms with Gasteiger partial charge in [-0.15, -0.1) is 0 Å². The second kappa shape index (κ2) is 2.86. The molecule has 0 spiro atoms. The van der Waals surface area contributed by atoms with Crippen molar-refractivity contribution in [3.63, 3.8) is 0 Å². The van der Waals surface area contributed by atoms with Gasteiger partial charge in [-0.3, -0.25) is 5.10 Å². The van der Waals surface area contributed by atoms with Crippen molar-refractivity contribution in [3.05, 3.63) is 30.2 Å². The zero-order chi connectivity index (χ0) is 10.4. The molecule has 2 heterocycles. The third-order valence-corrected chi connectivity index (χ3v) is 2.70. The minimum Gasteiger partial charge on any atom is -0.461 e. The SMILES string of the molecule is CC(C)c1cc2c(ccc3cn[nH]c32)o1. The van der Waals surface area contributed by atoms with Gasteiger partial charge in [-0.1, -0.05) is 13.8 Å². The first-order valence-electron chi connectivity index (χ1n) is 5.11. The highest BCUT2D eigenvalue weighted by Gasteiger charge is 2.10. The van der Waals surface area contributed by atoms with E-state index in [0.29, 0.717) is 5.92 Å². The van der Waals surface area contributed by atoms with Crippen LogP contribution in [0.15, 0.2) is 28.8 Å². The Balaban J connectivity index is 2.41. The van der Waals surface area contributed by atoms with Gasteiger partial charge in [0.25, 0.3) is 0 Å². The number of hydrogen-bond donors (Lipinski definition) is 1. The molecule has 3 nitrogen and oxygen atoms in total. The Morgan fingerprint density at radius 2 is 2.20 bits per heavy atom. The summed E-state index contributed by atoms with van der Waals surface area (Å²) in [6, 6.07) is 6.12. The van der Waals surface area contributed by atoms with Gasteiger partial charge in [-0.05, 0) is 18.2 Å². The van der Waals surface area contributed by atoms with E-state index in [4.69, 9.17) is 4.42 Å². The van der Waals surface area contributed by atoms with Crippen LogP contribution in [-0.2, 0) is 0 Å². The van der Waals surface area contributed by atoms with E-state index in [1.807, 2.05) is 18.3 Å². The zero-order valence-electron chi connectivity index (χ0n) is 8.74. The van der Waals surface area contributed by atoms with Gasteiger partial charge in [0.15, 0.2) is 0 Å². The molecule has 0 saturated carbocycles. The van der Waals surface area contributed by atoms with Crippen molar-refractivity contribution in [3.8, 4) is 0 Å². The van der Waals surface area contributed by atoms with Gasteiger partial charge in [-0.25, -0.2) is 0 Å². The molecular weight excluding hydrogens is 188 g/mol. The Hall–Kier alpha value is -1.77. The highest BCUT2D eigenvalue weighted by Crippen LogP contribution is 2.29. The molecule has 0 bridgehead atoms. The molecule has 0 fully saturated rings. The molecule has 0 aliphatic carbocycles. The molecule has 76 valence electrons. The Morgan fingerprint density at radius 3 is 3.00 bits per heavy atom. The monoisotopic (exact) mass is 200 g/mol. The number of hydrogen-bond acceptors (Lipinski definition) is 2. The van der Waals surface area contributed by atoms with Gasteiger partial charge in [0.2, 0.25) is 0 Å². The van der Waals surface area contributed by atoms with E-state index in [1.165, 1.54) is 0 Å². The standard InChI is InChI=1S/C12H12N2O/c1-7(2)11-5-9-10(15-11)4-3-8-6-13-14-12(8)9/h3-7H,1-2H3,(H,13,14). The van der Waals surface area contributed by atoms with Crippen LogP contribution in [0.25, 0.3) is 21.9 Å². The predicted molar refractivity (Wildman–Crippen MR) is 60.0 cm³/mol. The van der Waals surface area contributed by atoms with E-state index in [0.717, 1.165) is 27.6 Å². The summed E-state index contributed by atoms with van der Waals surface area (Å²) < 4.78 is 5.76. The van der Waals surface area contributed by atoms with Crippen molar-refractivity contribution in [2.75, 3.05) is 0 Å². The fraction of sp³-hybridized carbons (Fsp3) is 0.250. The first-order valence-corrected chi connectivity index (χ1v) is 5.11. The molecule has 1 aromatic carbocycles. The third-order valence-electron chi connectivity index (χ3n) is 2.70. The third kappa shape index (κ3) is 1.16. The van der Waals surface area contributed by atoms with E-state index in [1.54, 1.807) is 0 Å². The highest BCUT2D eigenvalue weighted by atomic mass is 16.3. The molecule has 0 saturated heterocycles. The fourth-order valence-corrected chi connectivity index (χ4v) is 1.83. The summed E-state index contributed by atoms with van der Waals surface area (Å²) in [6.45, 7) is 4.25. The Morgan fingerprint density at radius 1 is 1.33 bits per heavy atom. The number of H-pyrrole nitrogens is 1. The molecule has 0 atom stereocenters. The molecule has 0 radical (unpaired) electrons. The summed E-state index contributed by atoms with van der Waals surface area (Å²) in [5.74, 6) is 1.43. The lowest BCUT2D eigenvalue weighted by Crippen LogP contribution is -1.79. The molecule has 3 rings (SSSR count). The zero-order valence-corrected chi connectivity index (χ0v) is 8.74. The topological polar surface area (TPSA) is 41.8 Å². The second-order valence-electron chi connectivity index (χ2n) is 4.12. The number of rotatable bonds is 1. The molecule has 0 aliphatic heterocycles. The molecular formula is C12H12N2O. The van der Waals surface area contributed by atoms with E-state index >= 15 is 0 Å².